The first-order valence-electron chi connectivity index (χ1n) is 6.15. The molecule has 1 aromatic carbocycles. The van der Waals surface area contributed by atoms with Crippen molar-refractivity contribution >= 4 is 12.4 Å². The van der Waals surface area contributed by atoms with E-state index in [1.165, 1.54) is 19.3 Å². The quantitative estimate of drug-likeness (QED) is 0.914. The zero-order chi connectivity index (χ0) is 12.4. The third-order valence-electron chi connectivity index (χ3n) is 3.68. The maximum atomic E-state index is 6.34. The van der Waals surface area contributed by atoms with Gasteiger partial charge < -0.3 is 15.2 Å². The van der Waals surface area contributed by atoms with Gasteiger partial charge in [0.05, 0.1) is 19.8 Å². The Morgan fingerprint density at radius 1 is 1.17 bits per heavy atom. The molecule has 0 spiro atoms. The summed E-state index contributed by atoms with van der Waals surface area (Å²) in [6, 6.07) is 4.07. The van der Waals surface area contributed by atoms with Gasteiger partial charge in [-0.2, -0.15) is 0 Å². The second-order valence-corrected chi connectivity index (χ2v) is 4.80. The third-order valence-corrected chi connectivity index (χ3v) is 3.68. The molecule has 0 aliphatic heterocycles. The van der Waals surface area contributed by atoms with Crippen molar-refractivity contribution in [3.63, 3.8) is 0 Å². The van der Waals surface area contributed by atoms with E-state index < -0.39 is 0 Å². The van der Waals surface area contributed by atoms with Crippen LogP contribution >= 0.6 is 12.4 Å². The van der Waals surface area contributed by atoms with E-state index in [2.05, 4.69) is 0 Å². The molecular weight excluding hydrogens is 250 g/mol. The molecule has 0 saturated heterocycles. The summed E-state index contributed by atoms with van der Waals surface area (Å²) >= 11 is 0. The largest absolute Gasteiger partial charge is 0.496 e. The predicted octanol–water partition coefficient (Wildman–Crippen LogP) is 3.23. The highest BCUT2D eigenvalue weighted by Crippen LogP contribution is 2.43. The monoisotopic (exact) mass is 271 g/mol. The van der Waals surface area contributed by atoms with Crippen molar-refractivity contribution in [1.82, 2.24) is 0 Å². The van der Waals surface area contributed by atoms with Crippen LogP contribution in [0.5, 0.6) is 11.5 Å². The minimum atomic E-state index is 0. The van der Waals surface area contributed by atoms with Crippen molar-refractivity contribution in [3.05, 3.63) is 23.3 Å². The molecule has 1 aliphatic rings. The van der Waals surface area contributed by atoms with Gasteiger partial charge in [0.2, 0.25) is 0 Å². The minimum absolute atomic E-state index is 0. The highest BCUT2D eigenvalue weighted by Gasteiger charge is 2.30. The molecule has 1 aromatic rings. The molecule has 1 aliphatic carbocycles. The van der Waals surface area contributed by atoms with Crippen LogP contribution in [-0.2, 0) is 0 Å². The Morgan fingerprint density at radius 2 is 1.67 bits per heavy atom. The second-order valence-electron chi connectivity index (χ2n) is 4.80. The molecule has 0 bridgehead atoms. The van der Waals surface area contributed by atoms with Gasteiger partial charge in [-0.05, 0) is 43.4 Å². The Morgan fingerprint density at radius 3 is 2.00 bits per heavy atom. The number of hydrogen-bond donors (Lipinski definition) is 1. The molecule has 1 fully saturated rings. The summed E-state index contributed by atoms with van der Waals surface area (Å²) < 4.78 is 10.9. The summed E-state index contributed by atoms with van der Waals surface area (Å²) in [5, 5.41) is 0. The molecule has 0 unspecified atom stereocenters. The summed E-state index contributed by atoms with van der Waals surface area (Å²) in [4.78, 5) is 0. The number of nitrogens with two attached hydrogens (primary N) is 1. The van der Waals surface area contributed by atoms with E-state index in [4.69, 9.17) is 15.2 Å². The van der Waals surface area contributed by atoms with E-state index in [9.17, 15) is 0 Å². The maximum Gasteiger partial charge on any atom is 0.127 e. The highest BCUT2D eigenvalue weighted by molar-refractivity contribution is 5.85. The van der Waals surface area contributed by atoms with Crippen LogP contribution in [0, 0.1) is 12.8 Å². The molecule has 0 heterocycles. The van der Waals surface area contributed by atoms with E-state index in [0.717, 1.165) is 22.6 Å². The summed E-state index contributed by atoms with van der Waals surface area (Å²) in [6.45, 7) is 2.03. The number of benzene rings is 1. The van der Waals surface area contributed by atoms with Gasteiger partial charge in [0.25, 0.3) is 0 Å². The summed E-state index contributed by atoms with van der Waals surface area (Å²) in [5.41, 5.74) is 8.49. The van der Waals surface area contributed by atoms with Crippen molar-refractivity contribution in [2.45, 2.75) is 32.2 Å². The Hall–Kier alpha value is -0.930. The number of ether oxygens (including phenoxy) is 2. The number of hydrogen-bond acceptors (Lipinski definition) is 3. The Kier molecular flexibility index (Phi) is 5.29. The number of halogens is 1. The van der Waals surface area contributed by atoms with Crippen LogP contribution in [0.15, 0.2) is 12.1 Å². The average Bonchev–Trinajstić information content (AvgIpc) is 2.24. The van der Waals surface area contributed by atoms with Gasteiger partial charge in [0.1, 0.15) is 11.5 Å². The lowest BCUT2D eigenvalue weighted by molar-refractivity contribution is 0.254. The molecule has 1 atom stereocenters. The van der Waals surface area contributed by atoms with Gasteiger partial charge in [0.15, 0.2) is 0 Å². The van der Waals surface area contributed by atoms with E-state index in [1.807, 2.05) is 19.1 Å². The summed E-state index contributed by atoms with van der Waals surface area (Å²) in [5.74, 6) is 2.27. The summed E-state index contributed by atoms with van der Waals surface area (Å²) in [6.07, 6.45) is 3.71. The SMILES string of the molecule is COc1cc(C)cc(OC)c1[C@H](N)C1CCC1.Cl. The van der Waals surface area contributed by atoms with E-state index in [0.29, 0.717) is 5.92 Å². The van der Waals surface area contributed by atoms with E-state index in [-0.39, 0.29) is 18.4 Å². The van der Waals surface area contributed by atoms with Gasteiger partial charge in [-0.25, -0.2) is 0 Å². The molecule has 0 aromatic heterocycles. The Balaban J connectivity index is 0.00000162. The number of aryl methyl sites for hydroxylation is 1. The van der Waals surface area contributed by atoms with Crippen molar-refractivity contribution in [2.24, 2.45) is 11.7 Å². The molecule has 102 valence electrons. The lowest BCUT2D eigenvalue weighted by atomic mass is 9.77. The first-order chi connectivity index (χ1) is 8.17. The van der Waals surface area contributed by atoms with Crippen molar-refractivity contribution < 1.29 is 9.47 Å². The molecule has 0 radical (unpaired) electrons. The first kappa shape index (κ1) is 15.1. The van der Waals surface area contributed by atoms with Gasteiger partial charge in [-0.1, -0.05) is 6.42 Å². The fourth-order valence-corrected chi connectivity index (χ4v) is 2.43. The fourth-order valence-electron chi connectivity index (χ4n) is 2.43. The molecule has 2 rings (SSSR count). The van der Waals surface area contributed by atoms with Crippen molar-refractivity contribution in [3.8, 4) is 11.5 Å². The van der Waals surface area contributed by atoms with Gasteiger partial charge >= 0.3 is 0 Å². The molecule has 2 N–H and O–H groups in total. The fraction of sp³-hybridized carbons (Fsp3) is 0.571. The topological polar surface area (TPSA) is 44.5 Å². The van der Waals surface area contributed by atoms with Crippen molar-refractivity contribution in [1.29, 1.82) is 0 Å². The minimum Gasteiger partial charge on any atom is -0.496 e. The van der Waals surface area contributed by atoms with E-state index >= 15 is 0 Å². The molecule has 18 heavy (non-hydrogen) atoms. The van der Waals surface area contributed by atoms with Gasteiger partial charge in [-0.3, -0.25) is 0 Å². The normalized spacial score (nSPS) is 16.4. The first-order valence-corrected chi connectivity index (χ1v) is 6.15. The van der Waals surface area contributed by atoms with Crippen LogP contribution < -0.4 is 15.2 Å². The van der Waals surface area contributed by atoms with Crippen LogP contribution in [0.1, 0.15) is 36.4 Å². The molecule has 1 saturated carbocycles. The molecule has 4 heteroatoms. The number of methoxy groups -OCH3 is 2. The smallest absolute Gasteiger partial charge is 0.127 e. The maximum absolute atomic E-state index is 6.34. The second kappa shape index (κ2) is 6.30. The Labute approximate surface area is 115 Å². The predicted molar refractivity (Wildman–Crippen MR) is 75.8 cm³/mol. The van der Waals surface area contributed by atoms with Crippen LogP contribution in [0.4, 0.5) is 0 Å². The van der Waals surface area contributed by atoms with Crippen LogP contribution in [0.3, 0.4) is 0 Å². The van der Waals surface area contributed by atoms with Crippen LogP contribution in [-0.4, -0.2) is 14.2 Å². The average molecular weight is 272 g/mol. The zero-order valence-electron chi connectivity index (χ0n) is 11.2. The third kappa shape index (κ3) is 2.73. The lowest BCUT2D eigenvalue weighted by Gasteiger charge is -2.33. The van der Waals surface area contributed by atoms with E-state index in [1.54, 1.807) is 14.2 Å². The van der Waals surface area contributed by atoms with Crippen LogP contribution in [0.2, 0.25) is 0 Å². The Bertz CT molecular complexity index is 380. The van der Waals surface area contributed by atoms with Crippen LogP contribution in [0.25, 0.3) is 0 Å². The molecule has 3 nitrogen and oxygen atoms in total. The molecule has 0 amide bonds. The molecular formula is C14H22ClNO2. The lowest BCUT2D eigenvalue weighted by Crippen LogP contribution is -2.27. The standard InChI is InChI=1S/C14H21NO2.ClH/c1-9-7-11(16-2)13(12(8-9)17-3)14(15)10-5-4-6-10;/h7-8,10,14H,4-6,15H2,1-3H3;1H/t14-;/m1./s1. The van der Waals surface area contributed by atoms with Crippen molar-refractivity contribution in [2.75, 3.05) is 14.2 Å². The zero-order valence-corrected chi connectivity index (χ0v) is 12.0. The van der Waals surface area contributed by atoms with Gasteiger partial charge in [-0.15, -0.1) is 12.4 Å². The number of rotatable bonds is 4. The highest BCUT2D eigenvalue weighted by atomic mass is 35.5. The van der Waals surface area contributed by atoms with Gasteiger partial charge in [0, 0.05) is 6.04 Å². The summed E-state index contributed by atoms with van der Waals surface area (Å²) in [7, 11) is 3.37.